The lowest BCUT2D eigenvalue weighted by atomic mass is 10.2. The van der Waals surface area contributed by atoms with Gasteiger partial charge in [0.15, 0.2) is 0 Å². The van der Waals surface area contributed by atoms with E-state index in [4.69, 9.17) is 5.11 Å². The van der Waals surface area contributed by atoms with Crippen molar-refractivity contribution in [3.63, 3.8) is 0 Å². The summed E-state index contributed by atoms with van der Waals surface area (Å²) < 4.78 is 0. The quantitative estimate of drug-likeness (QED) is 0.462. The van der Waals surface area contributed by atoms with E-state index in [1.54, 1.807) is 14.1 Å². The first-order chi connectivity index (χ1) is 4.76. The fourth-order valence-electron chi connectivity index (χ4n) is 0.710. The third-order valence-electron chi connectivity index (χ3n) is 1.33. The molecule has 0 aliphatic rings. The molecule has 4 nitrogen and oxygen atoms in total. The number of nitrogens with one attached hydrogen (secondary N) is 2. The predicted molar refractivity (Wildman–Crippen MR) is 38.6 cm³/mol. The van der Waals surface area contributed by atoms with E-state index >= 15 is 0 Å². The highest BCUT2D eigenvalue weighted by Gasteiger charge is 2.12. The monoisotopic (exact) mass is 146 g/mol. The van der Waals surface area contributed by atoms with Gasteiger partial charge >= 0.3 is 0 Å². The van der Waals surface area contributed by atoms with Crippen LogP contribution in [0.5, 0.6) is 0 Å². The highest BCUT2D eigenvalue weighted by Crippen LogP contribution is 1.88. The molecule has 0 radical (unpaired) electrons. The molecule has 1 unspecified atom stereocenters. The topological polar surface area (TPSA) is 61.4 Å². The van der Waals surface area contributed by atoms with Crippen LogP contribution >= 0.6 is 0 Å². The lowest BCUT2D eigenvalue weighted by Gasteiger charge is -2.11. The number of rotatable bonds is 4. The Morgan fingerprint density at radius 1 is 1.60 bits per heavy atom. The molecule has 1 atom stereocenters. The van der Waals surface area contributed by atoms with Crippen LogP contribution in [-0.4, -0.2) is 37.8 Å². The van der Waals surface area contributed by atoms with Crippen LogP contribution in [0.1, 0.15) is 6.42 Å². The van der Waals surface area contributed by atoms with Crippen LogP contribution in [0.3, 0.4) is 0 Å². The Kier molecular flexibility index (Phi) is 4.88. The van der Waals surface area contributed by atoms with Crippen molar-refractivity contribution in [2.45, 2.75) is 12.5 Å². The first kappa shape index (κ1) is 9.39. The van der Waals surface area contributed by atoms with Gasteiger partial charge in [-0.25, -0.2) is 0 Å². The number of carbonyl (C=O) groups is 1. The Hall–Kier alpha value is -0.610. The summed E-state index contributed by atoms with van der Waals surface area (Å²) in [5.74, 6) is -0.0865. The van der Waals surface area contributed by atoms with Gasteiger partial charge in [-0.3, -0.25) is 4.79 Å². The van der Waals surface area contributed by atoms with Crippen LogP contribution in [0.4, 0.5) is 0 Å². The zero-order chi connectivity index (χ0) is 7.98. The third-order valence-corrected chi connectivity index (χ3v) is 1.33. The number of likely N-dealkylation sites (N-methyl/N-ethyl adjacent to an activating group) is 2. The highest BCUT2D eigenvalue weighted by atomic mass is 16.3. The minimum atomic E-state index is -0.269. The summed E-state index contributed by atoms with van der Waals surface area (Å²) in [7, 11) is 3.26. The molecule has 0 heterocycles. The normalized spacial score (nSPS) is 12.7. The van der Waals surface area contributed by atoms with Gasteiger partial charge in [0.1, 0.15) is 0 Å². The van der Waals surface area contributed by atoms with Crippen LogP contribution in [-0.2, 0) is 4.79 Å². The summed E-state index contributed by atoms with van der Waals surface area (Å²) in [5, 5.41) is 13.8. The van der Waals surface area contributed by atoms with Gasteiger partial charge in [-0.05, 0) is 13.5 Å². The molecule has 0 rings (SSSR count). The molecule has 0 spiro atoms. The van der Waals surface area contributed by atoms with Crippen molar-refractivity contribution >= 4 is 5.91 Å². The highest BCUT2D eigenvalue weighted by molar-refractivity contribution is 5.81. The first-order valence-electron chi connectivity index (χ1n) is 3.26. The Balaban J connectivity index is 3.68. The summed E-state index contributed by atoms with van der Waals surface area (Å²) >= 11 is 0. The van der Waals surface area contributed by atoms with E-state index in [1.165, 1.54) is 0 Å². The van der Waals surface area contributed by atoms with Gasteiger partial charge in [-0.15, -0.1) is 0 Å². The summed E-state index contributed by atoms with van der Waals surface area (Å²) in [6.45, 7) is 0.0267. The molecule has 0 fully saturated rings. The maximum Gasteiger partial charge on any atom is 0.236 e. The van der Waals surface area contributed by atoms with Crippen molar-refractivity contribution in [2.75, 3.05) is 20.7 Å². The van der Waals surface area contributed by atoms with Crippen molar-refractivity contribution in [3.05, 3.63) is 0 Å². The Bertz CT molecular complexity index is 106. The fraction of sp³-hybridized carbons (Fsp3) is 0.833. The molecule has 0 aromatic heterocycles. The second kappa shape index (κ2) is 5.20. The van der Waals surface area contributed by atoms with Gasteiger partial charge in [0.25, 0.3) is 0 Å². The number of hydrogen-bond acceptors (Lipinski definition) is 3. The third kappa shape index (κ3) is 2.80. The minimum absolute atomic E-state index is 0.0267. The molecule has 0 saturated carbocycles. The zero-order valence-electron chi connectivity index (χ0n) is 6.35. The van der Waals surface area contributed by atoms with Crippen LogP contribution in [0.15, 0.2) is 0 Å². The maximum absolute atomic E-state index is 10.8. The number of aliphatic hydroxyl groups is 1. The lowest BCUT2D eigenvalue weighted by Crippen LogP contribution is -2.41. The van der Waals surface area contributed by atoms with Crippen molar-refractivity contribution < 1.29 is 9.90 Å². The number of hydrogen-bond donors (Lipinski definition) is 3. The van der Waals surface area contributed by atoms with E-state index in [9.17, 15) is 4.79 Å². The SMILES string of the molecule is CNC(=O)C(CCO)NC. The van der Waals surface area contributed by atoms with E-state index in [-0.39, 0.29) is 18.6 Å². The van der Waals surface area contributed by atoms with Gasteiger partial charge in [0.05, 0.1) is 6.04 Å². The average molecular weight is 146 g/mol. The van der Waals surface area contributed by atoms with Gasteiger partial charge in [-0.1, -0.05) is 0 Å². The van der Waals surface area contributed by atoms with E-state index < -0.39 is 0 Å². The van der Waals surface area contributed by atoms with Crippen LogP contribution in [0.25, 0.3) is 0 Å². The Labute approximate surface area is 60.6 Å². The second-order valence-corrected chi connectivity index (χ2v) is 1.97. The van der Waals surface area contributed by atoms with E-state index in [2.05, 4.69) is 10.6 Å². The molecule has 10 heavy (non-hydrogen) atoms. The molecule has 0 aliphatic carbocycles. The van der Waals surface area contributed by atoms with E-state index in [1.807, 2.05) is 0 Å². The molecule has 4 heteroatoms. The number of carbonyl (C=O) groups excluding carboxylic acids is 1. The molecular weight excluding hydrogens is 132 g/mol. The summed E-state index contributed by atoms with van der Waals surface area (Å²) in [4.78, 5) is 10.8. The summed E-state index contributed by atoms with van der Waals surface area (Å²) in [6.07, 6.45) is 0.455. The molecule has 60 valence electrons. The molecule has 0 aromatic carbocycles. The van der Waals surface area contributed by atoms with Crippen molar-refractivity contribution in [1.29, 1.82) is 0 Å². The van der Waals surface area contributed by atoms with Gasteiger partial charge in [0, 0.05) is 13.7 Å². The lowest BCUT2D eigenvalue weighted by molar-refractivity contribution is -0.122. The van der Waals surface area contributed by atoms with Gasteiger partial charge < -0.3 is 15.7 Å². The van der Waals surface area contributed by atoms with E-state index in [0.717, 1.165) is 0 Å². The largest absolute Gasteiger partial charge is 0.396 e. The molecule has 1 amide bonds. The van der Waals surface area contributed by atoms with Gasteiger partial charge in [-0.2, -0.15) is 0 Å². The summed E-state index contributed by atoms with van der Waals surface area (Å²) in [6, 6.07) is -0.269. The summed E-state index contributed by atoms with van der Waals surface area (Å²) in [5.41, 5.74) is 0. The van der Waals surface area contributed by atoms with Gasteiger partial charge in [0.2, 0.25) is 5.91 Å². The van der Waals surface area contributed by atoms with E-state index in [0.29, 0.717) is 6.42 Å². The smallest absolute Gasteiger partial charge is 0.236 e. The minimum Gasteiger partial charge on any atom is -0.396 e. The number of aliphatic hydroxyl groups excluding tert-OH is 1. The second-order valence-electron chi connectivity index (χ2n) is 1.97. The molecule has 0 bridgehead atoms. The Morgan fingerprint density at radius 3 is 2.50 bits per heavy atom. The zero-order valence-corrected chi connectivity index (χ0v) is 6.35. The average Bonchev–Trinajstić information content (AvgIpc) is 1.99. The molecule has 0 saturated heterocycles. The van der Waals surface area contributed by atoms with Crippen molar-refractivity contribution in [1.82, 2.24) is 10.6 Å². The number of amides is 1. The standard InChI is InChI=1S/C6H14N2O2/c1-7-5(3-4-9)6(10)8-2/h5,7,9H,3-4H2,1-2H3,(H,8,10). The molecule has 0 aromatic rings. The van der Waals surface area contributed by atoms with Crippen LogP contribution in [0, 0.1) is 0 Å². The van der Waals surface area contributed by atoms with Crippen molar-refractivity contribution in [3.8, 4) is 0 Å². The molecule has 3 N–H and O–H groups in total. The van der Waals surface area contributed by atoms with Crippen LogP contribution < -0.4 is 10.6 Å². The first-order valence-corrected chi connectivity index (χ1v) is 3.26. The molecular formula is C6H14N2O2. The van der Waals surface area contributed by atoms with Crippen molar-refractivity contribution in [2.24, 2.45) is 0 Å². The molecule has 0 aliphatic heterocycles. The Morgan fingerprint density at radius 2 is 2.20 bits per heavy atom. The maximum atomic E-state index is 10.8. The predicted octanol–water partition coefficient (Wildman–Crippen LogP) is -1.30. The fourth-order valence-corrected chi connectivity index (χ4v) is 0.710. The van der Waals surface area contributed by atoms with Crippen LogP contribution in [0.2, 0.25) is 0 Å².